The fraction of sp³-hybridized carbons (Fsp3) is 0.429. The number of halogens is 1. The van der Waals surface area contributed by atoms with Gasteiger partial charge in [0.15, 0.2) is 5.65 Å². The molecule has 3 heterocycles. The van der Waals surface area contributed by atoms with E-state index >= 15 is 0 Å². The molecule has 0 bridgehead atoms. The Morgan fingerprint density at radius 2 is 2.00 bits per heavy atom. The van der Waals surface area contributed by atoms with Gasteiger partial charge in [-0.2, -0.15) is 0 Å². The molecule has 2 aromatic rings. The molecule has 1 fully saturated rings. The van der Waals surface area contributed by atoms with Gasteiger partial charge in [0.2, 0.25) is 11.9 Å². The maximum absolute atomic E-state index is 13.4. The van der Waals surface area contributed by atoms with Crippen LogP contribution in [-0.2, 0) is 9.53 Å². The number of likely N-dealkylation sites (tertiary alicyclic amines) is 1. The van der Waals surface area contributed by atoms with Gasteiger partial charge in [-0.05, 0) is 37.5 Å². The minimum absolute atomic E-state index is 0.184. The fourth-order valence-corrected chi connectivity index (χ4v) is 3.79. The highest BCUT2D eigenvalue weighted by molar-refractivity contribution is 5.98. The number of imidazole rings is 1. The highest BCUT2D eigenvalue weighted by Gasteiger charge is 2.25. The smallest absolute Gasteiger partial charge is 0.255 e. The van der Waals surface area contributed by atoms with Gasteiger partial charge in [0.1, 0.15) is 11.7 Å². The summed E-state index contributed by atoms with van der Waals surface area (Å²) in [6.07, 6.45) is 6.59. The van der Waals surface area contributed by atoms with E-state index < -0.39 is 6.17 Å². The summed E-state index contributed by atoms with van der Waals surface area (Å²) < 4.78 is 20.5. The van der Waals surface area contributed by atoms with Crippen molar-refractivity contribution in [2.45, 2.75) is 38.8 Å². The summed E-state index contributed by atoms with van der Waals surface area (Å²) in [4.78, 5) is 35.2. The molecule has 1 aliphatic carbocycles. The molecule has 2 aliphatic rings. The minimum Gasteiger partial charge on any atom is -0.501 e. The number of carbonyl (C=O) groups excluding carboxylic acids is 2. The topological polar surface area (TPSA) is 89.3 Å². The second-order valence-electron chi connectivity index (χ2n) is 7.48. The Morgan fingerprint density at radius 1 is 1.23 bits per heavy atom. The maximum Gasteiger partial charge on any atom is 0.255 e. The summed E-state index contributed by atoms with van der Waals surface area (Å²) >= 11 is 0. The summed E-state index contributed by atoms with van der Waals surface area (Å²) in [5.41, 5.74) is 2.38. The van der Waals surface area contributed by atoms with E-state index in [4.69, 9.17) is 4.74 Å². The van der Waals surface area contributed by atoms with Crippen molar-refractivity contribution in [1.29, 1.82) is 0 Å². The molecule has 0 radical (unpaired) electrons. The van der Waals surface area contributed by atoms with Crippen LogP contribution < -0.4 is 5.32 Å². The van der Waals surface area contributed by atoms with Crippen molar-refractivity contribution < 1.29 is 18.7 Å². The molecule has 9 heteroatoms. The van der Waals surface area contributed by atoms with E-state index in [1.807, 2.05) is 12.2 Å². The lowest BCUT2D eigenvalue weighted by atomic mass is 10.1. The number of carbonyl (C=O) groups is 2. The third-order valence-corrected chi connectivity index (χ3v) is 5.38. The highest BCUT2D eigenvalue weighted by atomic mass is 19.1. The highest BCUT2D eigenvalue weighted by Crippen LogP contribution is 2.30. The van der Waals surface area contributed by atoms with Gasteiger partial charge in [-0.3, -0.25) is 19.5 Å². The van der Waals surface area contributed by atoms with E-state index in [-0.39, 0.29) is 11.8 Å². The van der Waals surface area contributed by atoms with E-state index in [1.54, 1.807) is 22.6 Å². The van der Waals surface area contributed by atoms with E-state index in [2.05, 4.69) is 15.3 Å². The van der Waals surface area contributed by atoms with Crippen LogP contribution >= 0.6 is 0 Å². The summed E-state index contributed by atoms with van der Waals surface area (Å²) in [6.45, 7) is 2.20. The predicted octanol–water partition coefficient (Wildman–Crippen LogP) is 3.13. The summed E-state index contributed by atoms with van der Waals surface area (Å²) in [5, 5.41) is 2.75. The average molecular weight is 413 g/mol. The van der Waals surface area contributed by atoms with Crippen LogP contribution in [0.5, 0.6) is 0 Å². The first-order valence-electron chi connectivity index (χ1n) is 10.00. The molecule has 0 saturated carbocycles. The lowest BCUT2D eigenvalue weighted by Crippen LogP contribution is -2.39. The number of allylic oxidation sites excluding steroid dienone is 4. The number of pyridine rings is 1. The molecular formula is C21H24FN5O3. The molecule has 0 atom stereocenters. The second-order valence-corrected chi connectivity index (χ2v) is 7.48. The van der Waals surface area contributed by atoms with Crippen LogP contribution in [-0.4, -0.2) is 57.6 Å². The van der Waals surface area contributed by atoms with Crippen molar-refractivity contribution in [3.63, 3.8) is 0 Å². The van der Waals surface area contributed by atoms with Gasteiger partial charge in [0, 0.05) is 38.3 Å². The number of methoxy groups -OCH3 is 1. The fourth-order valence-electron chi connectivity index (χ4n) is 3.79. The van der Waals surface area contributed by atoms with E-state index in [0.717, 1.165) is 17.9 Å². The molecule has 1 saturated heterocycles. The number of hydrogen-bond donors (Lipinski definition) is 1. The van der Waals surface area contributed by atoms with E-state index in [9.17, 15) is 14.0 Å². The van der Waals surface area contributed by atoms with Crippen molar-refractivity contribution in [3.8, 4) is 0 Å². The molecule has 158 valence electrons. The van der Waals surface area contributed by atoms with Gasteiger partial charge in [-0.25, -0.2) is 14.4 Å². The Morgan fingerprint density at radius 3 is 2.63 bits per heavy atom. The van der Waals surface area contributed by atoms with Crippen LogP contribution in [0.1, 0.15) is 43.0 Å². The SMILES string of the molecule is COC1=CC=C(n2c(NC(C)=O)nc3cc(C(=O)N4CCC(F)CC4)cnc32)CC1. The number of hydrogen-bond acceptors (Lipinski definition) is 5. The third kappa shape index (κ3) is 3.92. The number of alkyl halides is 1. The number of nitrogens with zero attached hydrogens (tertiary/aromatic N) is 4. The van der Waals surface area contributed by atoms with Crippen molar-refractivity contribution >= 4 is 34.6 Å². The number of aromatic nitrogens is 3. The summed E-state index contributed by atoms with van der Waals surface area (Å²) in [7, 11) is 1.64. The van der Waals surface area contributed by atoms with Crippen LogP contribution in [0.25, 0.3) is 16.9 Å². The molecule has 2 aromatic heterocycles. The largest absolute Gasteiger partial charge is 0.501 e. The second kappa shape index (κ2) is 8.25. The number of anilines is 1. The Balaban J connectivity index is 1.71. The van der Waals surface area contributed by atoms with E-state index in [1.165, 1.54) is 13.1 Å². The van der Waals surface area contributed by atoms with Gasteiger partial charge < -0.3 is 9.64 Å². The number of ether oxygens (including phenoxy) is 1. The standard InChI is InChI=1S/C21H24FN5O3/c1-13(28)24-21-25-18-11-14(20(29)26-9-7-15(22)8-10-26)12-23-19(18)27(21)16-3-5-17(30-2)6-4-16/h3,5,11-12,15H,4,6-10H2,1-2H3,(H,24,25,28). The molecule has 0 aromatic carbocycles. The quantitative estimate of drug-likeness (QED) is 0.832. The lowest BCUT2D eigenvalue weighted by molar-refractivity contribution is -0.114. The Kier molecular flexibility index (Phi) is 5.52. The first kappa shape index (κ1) is 20.1. The van der Waals surface area contributed by atoms with Crippen LogP contribution in [0.15, 0.2) is 30.2 Å². The number of amides is 2. The molecule has 30 heavy (non-hydrogen) atoms. The Hall–Kier alpha value is -3.23. The summed E-state index contributed by atoms with van der Waals surface area (Å²) in [6, 6.07) is 1.67. The molecule has 8 nitrogen and oxygen atoms in total. The third-order valence-electron chi connectivity index (χ3n) is 5.38. The number of rotatable bonds is 4. The first-order chi connectivity index (χ1) is 14.5. The minimum atomic E-state index is -0.845. The van der Waals surface area contributed by atoms with Crippen LogP contribution in [0.4, 0.5) is 10.3 Å². The van der Waals surface area contributed by atoms with Gasteiger partial charge in [0.05, 0.1) is 18.4 Å². The van der Waals surface area contributed by atoms with Gasteiger partial charge in [0.25, 0.3) is 5.91 Å². The lowest BCUT2D eigenvalue weighted by Gasteiger charge is -2.28. The number of piperidine rings is 1. The maximum atomic E-state index is 13.4. The number of nitrogens with one attached hydrogen (secondary N) is 1. The first-order valence-corrected chi connectivity index (χ1v) is 10.00. The van der Waals surface area contributed by atoms with Crippen LogP contribution in [0, 0.1) is 0 Å². The molecule has 4 rings (SSSR count). The van der Waals surface area contributed by atoms with Gasteiger partial charge in [-0.1, -0.05) is 0 Å². The molecule has 0 spiro atoms. The van der Waals surface area contributed by atoms with Crippen LogP contribution in [0.2, 0.25) is 0 Å². The van der Waals surface area contributed by atoms with Crippen LogP contribution in [0.3, 0.4) is 0 Å². The van der Waals surface area contributed by atoms with E-state index in [0.29, 0.717) is 55.0 Å². The molecule has 0 unspecified atom stereocenters. The zero-order chi connectivity index (χ0) is 21.3. The van der Waals surface area contributed by atoms with Crippen molar-refractivity contribution in [2.75, 3.05) is 25.5 Å². The zero-order valence-corrected chi connectivity index (χ0v) is 17.0. The number of fused-ring (bicyclic) bond motifs is 1. The molecule has 1 N–H and O–H groups in total. The molecule has 1 aliphatic heterocycles. The van der Waals surface area contributed by atoms with Gasteiger partial charge in [-0.15, -0.1) is 0 Å². The normalized spacial score (nSPS) is 17.5. The Labute approximate surface area is 173 Å². The van der Waals surface area contributed by atoms with Crippen molar-refractivity contribution in [2.24, 2.45) is 0 Å². The predicted molar refractivity (Wildman–Crippen MR) is 110 cm³/mol. The molecular weight excluding hydrogens is 389 g/mol. The zero-order valence-electron chi connectivity index (χ0n) is 17.0. The Bertz CT molecular complexity index is 1050. The average Bonchev–Trinajstić information content (AvgIpc) is 3.10. The van der Waals surface area contributed by atoms with Crippen molar-refractivity contribution in [1.82, 2.24) is 19.4 Å². The monoisotopic (exact) mass is 413 g/mol. The molecule has 2 amide bonds. The van der Waals surface area contributed by atoms with Crippen molar-refractivity contribution in [3.05, 3.63) is 35.7 Å². The van der Waals surface area contributed by atoms with Gasteiger partial charge >= 0.3 is 0 Å². The summed E-state index contributed by atoms with van der Waals surface area (Å²) in [5.74, 6) is 0.799.